The molecule has 1 N–H and O–H groups in total. The molecule has 0 unspecified atom stereocenters. The number of carbonyl (C=O) groups is 1. The number of anilines is 1. The summed E-state index contributed by atoms with van der Waals surface area (Å²) in [6.45, 7) is 1.76. The predicted octanol–water partition coefficient (Wildman–Crippen LogP) is 6.01. The van der Waals surface area contributed by atoms with Crippen LogP contribution in [0.3, 0.4) is 0 Å². The molecule has 0 bridgehead atoms. The Morgan fingerprint density at radius 1 is 1.29 bits per heavy atom. The Bertz CT molecular complexity index is 986. The lowest BCUT2D eigenvalue weighted by molar-refractivity contribution is -0.113. The fourth-order valence-corrected chi connectivity index (χ4v) is 3.57. The number of hydrogen-bond acceptors (Lipinski definition) is 6. The summed E-state index contributed by atoms with van der Waals surface area (Å²) in [5, 5.41) is 11.9. The molecule has 0 aliphatic carbocycles. The quantitative estimate of drug-likeness (QED) is 0.398. The molecule has 0 spiro atoms. The second-order valence-electron chi connectivity index (χ2n) is 5.59. The maximum atomic E-state index is 12.1. The topological polar surface area (TPSA) is 77.2 Å². The lowest BCUT2D eigenvalue weighted by Crippen LogP contribution is -2.13. The zero-order valence-corrected chi connectivity index (χ0v) is 18.4. The fraction of sp³-hybridized carbons (Fsp3) is 0.167. The van der Waals surface area contributed by atoms with Gasteiger partial charge < -0.3 is 14.5 Å². The van der Waals surface area contributed by atoms with Crippen molar-refractivity contribution >= 4 is 62.5 Å². The van der Waals surface area contributed by atoms with Crippen LogP contribution in [0.2, 0.25) is 10.0 Å². The number of ether oxygens (including phenoxy) is 1. The van der Waals surface area contributed by atoms with Crippen LogP contribution in [0, 0.1) is 0 Å². The van der Waals surface area contributed by atoms with Crippen LogP contribution in [-0.2, 0) is 4.79 Å². The first-order valence-corrected chi connectivity index (χ1v) is 10.6. The largest absolute Gasteiger partial charge is 0.479 e. The molecule has 0 saturated heterocycles. The number of carbonyl (C=O) groups excluding carboxylic acids is 1. The van der Waals surface area contributed by atoms with Crippen molar-refractivity contribution in [3.63, 3.8) is 0 Å². The van der Waals surface area contributed by atoms with E-state index in [1.807, 2.05) is 18.2 Å². The number of nitrogens with zero attached hydrogens (tertiary/aromatic N) is 2. The van der Waals surface area contributed by atoms with Crippen LogP contribution < -0.4 is 10.1 Å². The second kappa shape index (κ2) is 9.65. The van der Waals surface area contributed by atoms with Gasteiger partial charge in [0.1, 0.15) is 5.75 Å². The van der Waals surface area contributed by atoms with Crippen LogP contribution in [-0.4, -0.2) is 21.9 Å². The van der Waals surface area contributed by atoms with E-state index in [1.54, 1.807) is 31.2 Å². The molecule has 1 aromatic heterocycles. The molecule has 28 heavy (non-hydrogen) atoms. The third-order valence-corrected chi connectivity index (χ3v) is 5.24. The van der Waals surface area contributed by atoms with Crippen molar-refractivity contribution in [2.75, 3.05) is 11.1 Å². The van der Waals surface area contributed by atoms with Crippen LogP contribution in [0.5, 0.6) is 5.75 Å². The molecule has 0 aliphatic heterocycles. The summed E-state index contributed by atoms with van der Waals surface area (Å²) >= 11 is 16.5. The number of amides is 1. The maximum absolute atomic E-state index is 12.1. The Labute approximate surface area is 184 Å². The van der Waals surface area contributed by atoms with Gasteiger partial charge in [0.05, 0.1) is 10.8 Å². The van der Waals surface area contributed by atoms with Gasteiger partial charge in [-0.15, -0.1) is 10.2 Å². The highest BCUT2D eigenvalue weighted by molar-refractivity contribution is 9.10. The molecule has 2 aromatic carbocycles. The zero-order valence-electron chi connectivity index (χ0n) is 14.5. The number of rotatable bonds is 7. The molecule has 1 atom stereocenters. The number of nitrogens with one attached hydrogen (secondary N) is 1. The highest BCUT2D eigenvalue weighted by Crippen LogP contribution is 2.31. The fourth-order valence-electron chi connectivity index (χ4n) is 2.15. The molecule has 0 radical (unpaired) electrons. The highest BCUT2D eigenvalue weighted by Gasteiger charge is 2.18. The minimum atomic E-state index is -0.518. The van der Waals surface area contributed by atoms with Gasteiger partial charge in [-0.05, 0) is 43.3 Å². The average molecular weight is 503 g/mol. The Hall–Kier alpha value is -1.74. The molecule has 146 valence electrons. The molecule has 0 aliphatic rings. The molecule has 1 heterocycles. The molecular formula is C18H14BrCl2N3O3S. The minimum absolute atomic E-state index is 0.131. The molecular weight excluding hydrogens is 489 g/mol. The van der Waals surface area contributed by atoms with Gasteiger partial charge in [0.2, 0.25) is 5.91 Å². The molecule has 10 heteroatoms. The van der Waals surface area contributed by atoms with E-state index in [0.717, 1.165) is 16.2 Å². The van der Waals surface area contributed by atoms with E-state index in [4.69, 9.17) is 32.4 Å². The summed E-state index contributed by atoms with van der Waals surface area (Å²) in [4.78, 5) is 12.1. The average Bonchev–Trinajstić information content (AvgIpc) is 3.11. The molecule has 3 rings (SSSR count). The lowest BCUT2D eigenvalue weighted by Gasteiger charge is -2.12. The van der Waals surface area contributed by atoms with E-state index in [1.165, 1.54) is 0 Å². The van der Waals surface area contributed by atoms with Gasteiger partial charge in [0.25, 0.3) is 11.1 Å². The second-order valence-corrected chi connectivity index (χ2v) is 8.27. The van der Waals surface area contributed by atoms with Crippen molar-refractivity contribution in [3.05, 3.63) is 62.9 Å². The standard InChI is InChI=1S/C18H14BrCl2N3O3S/c1-10(26-15-6-5-12(20)8-14(15)21)17-23-24-18(27-17)28-9-16(25)22-13-4-2-3-11(19)7-13/h2-8,10H,9H2,1H3,(H,22,25)/t10-/m0/s1. The van der Waals surface area contributed by atoms with Gasteiger partial charge in [0, 0.05) is 15.2 Å². The lowest BCUT2D eigenvalue weighted by atomic mass is 10.3. The number of halogens is 3. The molecule has 6 nitrogen and oxygen atoms in total. The van der Waals surface area contributed by atoms with Crippen molar-refractivity contribution in [1.82, 2.24) is 10.2 Å². The van der Waals surface area contributed by atoms with E-state index >= 15 is 0 Å². The van der Waals surface area contributed by atoms with Crippen molar-refractivity contribution in [2.24, 2.45) is 0 Å². The molecule has 0 saturated carbocycles. The van der Waals surface area contributed by atoms with Crippen molar-refractivity contribution in [2.45, 2.75) is 18.3 Å². The monoisotopic (exact) mass is 501 g/mol. The summed E-state index contributed by atoms with van der Waals surface area (Å²) in [5.41, 5.74) is 0.702. The first-order valence-electron chi connectivity index (χ1n) is 8.04. The first-order chi connectivity index (χ1) is 13.4. The summed E-state index contributed by atoms with van der Waals surface area (Å²) < 4.78 is 12.2. The molecule has 1 amide bonds. The van der Waals surface area contributed by atoms with Crippen LogP contribution in [0.25, 0.3) is 0 Å². The Morgan fingerprint density at radius 3 is 2.86 bits per heavy atom. The van der Waals surface area contributed by atoms with Gasteiger partial charge in [-0.3, -0.25) is 4.79 Å². The maximum Gasteiger partial charge on any atom is 0.277 e. The van der Waals surface area contributed by atoms with E-state index in [-0.39, 0.29) is 22.8 Å². The Kier molecular flexibility index (Phi) is 7.23. The van der Waals surface area contributed by atoms with Gasteiger partial charge in [0.15, 0.2) is 6.10 Å². The van der Waals surface area contributed by atoms with Crippen molar-refractivity contribution in [3.8, 4) is 5.75 Å². The Balaban J connectivity index is 1.54. The normalized spacial score (nSPS) is 11.9. The van der Waals surface area contributed by atoms with Gasteiger partial charge in [-0.25, -0.2) is 0 Å². The van der Waals surface area contributed by atoms with Crippen molar-refractivity contribution < 1.29 is 13.9 Å². The molecule has 0 fully saturated rings. The third-order valence-electron chi connectivity index (χ3n) is 3.40. The van der Waals surface area contributed by atoms with Crippen LogP contribution in [0.15, 0.2) is 56.6 Å². The van der Waals surface area contributed by atoms with Crippen LogP contribution in [0.1, 0.15) is 18.9 Å². The van der Waals surface area contributed by atoms with E-state index < -0.39 is 6.10 Å². The number of benzene rings is 2. The number of thioether (sulfide) groups is 1. The van der Waals surface area contributed by atoms with E-state index in [0.29, 0.717) is 21.5 Å². The van der Waals surface area contributed by atoms with Crippen LogP contribution >= 0.6 is 50.9 Å². The van der Waals surface area contributed by atoms with Gasteiger partial charge in [-0.1, -0.05) is 57.0 Å². The van der Waals surface area contributed by atoms with Gasteiger partial charge >= 0.3 is 0 Å². The molecule has 3 aromatic rings. The smallest absolute Gasteiger partial charge is 0.277 e. The van der Waals surface area contributed by atoms with Crippen LogP contribution in [0.4, 0.5) is 5.69 Å². The summed E-state index contributed by atoms with van der Waals surface area (Å²) in [6.07, 6.45) is -0.518. The predicted molar refractivity (Wildman–Crippen MR) is 113 cm³/mol. The number of aromatic nitrogens is 2. The van der Waals surface area contributed by atoms with Crippen molar-refractivity contribution in [1.29, 1.82) is 0 Å². The zero-order chi connectivity index (χ0) is 20.1. The van der Waals surface area contributed by atoms with Gasteiger partial charge in [-0.2, -0.15) is 0 Å². The van der Waals surface area contributed by atoms with E-state index in [2.05, 4.69) is 31.4 Å². The summed E-state index contributed by atoms with van der Waals surface area (Å²) in [5.74, 6) is 0.687. The minimum Gasteiger partial charge on any atom is -0.479 e. The summed E-state index contributed by atoms with van der Waals surface area (Å²) in [6, 6.07) is 12.3. The third kappa shape index (κ3) is 5.88. The van der Waals surface area contributed by atoms with E-state index in [9.17, 15) is 4.79 Å². The number of hydrogen-bond donors (Lipinski definition) is 1. The highest BCUT2D eigenvalue weighted by atomic mass is 79.9. The first kappa shape index (κ1) is 21.0. The summed E-state index contributed by atoms with van der Waals surface area (Å²) in [7, 11) is 0. The Morgan fingerprint density at radius 2 is 2.11 bits per heavy atom. The SMILES string of the molecule is C[C@H](Oc1ccc(Cl)cc1Cl)c1nnc(SCC(=O)Nc2cccc(Br)c2)o1.